The zero-order valence-corrected chi connectivity index (χ0v) is 12.9. The van der Waals surface area contributed by atoms with E-state index in [1.807, 2.05) is 6.07 Å². The molecule has 0 atom stereocenters. The highest BCUT2D eigenvalue weighted by Gasteiger charge is 2.16. The molecule has 3 heterocycles. The molecule has 2 N–H and O–H groups in total. The van der Waals surface area contributed by atoms with E-state index in [1.54, 1.807) is 24.5 Å². The number of anilines is 1. The van der Waals surface area contributed by atoms with Crippen LogP contribution in [0.1, 0.15) is 5.56 Å². The van der Waals surface area contributed by atoms with Crippen LogP contribution in [0.5, 0.6) is 0 Å². The largest absolute Gasteiger partial charge is 0.384 e. The van der Waals surface area contributed by atoms with Crippen LogP contribution >= 0.6 is 0 Å². The predicted octanol–water partition coefficient (Wildman–Crippen LogP) is 2.80. The molecular weight excluding hydrogens is 326 g/mol. The van der Waals surface area contributed by atoms with Gasteiger partial charge in [0, 0.05) is 24.0 Å². The number of aromatic nitrogens is 5. The monoisotopic (exact) mass is 338 g/mol. The Balaban J connectivity index is 1.85. The van der Waals surface area contributed by atoms with Gasteiger partial charge in [-0.3, -0.25) is 0 Å². The van der Waals surface area contributed by atoms with Gasteiger partial charge < -0.3 is 5.73 Å². The molecule has 4 aromatic rings. The van der Waals surface area contributed by atoms with E-state index in [9.17, 15) is 8.78 Å². The molecule has 0 unspecified atom stereocenters. The summed E-state index contributed by atoms with van der Waals surface area (Å²) in [6.45, 7) is 0.0991. The molecule has 0 bridgehead atoms. The van der Waals surface area contributed by atoms with Crippen LogP contribution in [0, 0.1) is 11.6 Å². The van der Waals surface area contributed by atoms with E-state index in [-0.39, 0.29) is 6.54 Å². The van der Waals surface area contributed by atoms with Crippen molar-refractivity contribution in [3.8, 4) is 11.5 Å². The Bertz CT molecular complexity index is 1080. The van der Waals surface area contributed by atoms with E-state index in [4.69, 9.17) is 5.73 Å². The smallest absolute Gasteiger partial charge is 0.182 e. The Morgan fingerprint density at radius 3 is 2.72 bits per heavy atom. The van der Waals surface area contributed by atoms with Gasteiger partial charge in [0.1, 0.15) is 23.1 Å². The summed E-state index contributed by atoms with van der Waals surface area (Å²) in [5.74, 6) is -0.586. The number of hydrogen-bond acceptors (Lipinski definition) is 5. The Labute approximate surface area is 141 Å². The van der Waals surface area contributed by atoms with Crippen molar-refractivity contribution < 1.29 is 8.78 Å². The van der Waals surface area contributed by atoms with Crippen molar-refractivity contribution in [2.75, 3.05) is 5.73 Å². The first-order chi connectivity index (χ1) is 12.1. The molecule has 0 aliphatic carbocycles. The van der Waals surface area contributed by atoms with Crippen LogP contribution in [0.2, 0.25) is 0 Å². The third-order valence-electron chi connectivity index (χ3n) is 3.73. The van der Waals surface area contributed by atoms with Gasteiger partial charge in [-0.2, -0.15) is 5.10 Å². The molecule has 0 aliphatic heterocycles. The highest BCUT2D eigenvalue weighted by Crippen LogP contribution is 2.25. The molecule has 1 aromatic carbocycles. The van der Waals surface area contributed by atoms with Gasteiger partial charge in [0.2, 0.25) is 0 Å². The summed E-state index contributed by atoms with van der Waals surface area (Å²) < 4.78 is 28.6. The van der Waals surface area contributed by atoms with Crippen LogP contribution in [0.4, 0.5) is 14.6 Å². The van der Waals surface area contributed by atoms with Gasteiger partial charge in [0.15, 0.2) is 11.5 Å². The van der Waals surface area contributed by atoms with E-state index < -0.39 is 11.6 Å². The van der Waals surface area contributed by atoms with E-state index >= 15 is 0 Å². The van der Waals surface area contributed by atoms with Gasteiger partial charge in [-0.05, 0) is 24.3 Å². The molecular formula is C17H12F2N6. The number of rotatable bonds is 3. The molecule has 3 aromatic heterocycles. The molecule has 0 aliphatic rings. The van der Waals surface area contributed by atoms with Crippen LogP contribution in [0.25, 0.3) is 22.6 Å². The van der Waals surface area contributed by atoms with Gasteiger partial charge in [-0.15, -0.1) is 0 Å². The Morgan fingerprint density at radius 1 is 1.04 bits per heavy atom. The lowest BCUT2D eigenvalue weighted by Crippen LogP contribution is -2.05. The van der Waals surface area contributed by atoms with Crippen LogP contribution in [-0.4, -0.2) is 24.7 Å². The van der Waals surface area contributed by atoms with Gasteiger partial charge >= 0.3 is 0 Å². The fourth-order valence-electron chi connectivity index (χ4n) is 2.58. The molecule has 6 nitrogen and oxygen atoms in total. The minimum Gasteiger partial charge on any atom is -0.384 e. The number of hydrogen-bond donors (Lipinski definition) is 1. The van der Waals surface area contributed by atoms with Gasteiger partial charge in [0.05, 0.1) is 11.9 Å². The van der Waals surface area contributed by atoms with Crippen LogP contribution in [-0.2, 0) is 6.54 Å². The quantitative estimate of drug-likeness (QED) is 0.621. The SMILES string of the molecule is Nc1ccnc(-c2nn(Cc3ccc(F)cc3F)c3ncccc23)n1. The fourth-order valence-corrected chi connectivity index (χ4v) is 2.58. The summed E-state index contributed by atoms with van der Waals surface area (Å²) in [6, 6.07) is 8.61. The first kappa shape index (κ1) is 15.1. The molecule has 4 rings (SSSR count). The van der Waals surface area contributed by atoms with Crippen molar-refractivity contribution in [1.29, 1.82) is 0 Å². The second-order valence-corrected chi connectivity index (χ2v) is 5.42. The Kier molecular flexibility index (Phi) is 3.57. The maximum Gasteiger partial charge on any atom is 0.182 e. The number of fused-ring (bicyclic) bond motifs is 1. The molecule has 0 saturated carbocycles. The number of nitrogens with zero attached hydrogens (tertiary/aromatic N) is 5. The van der Waals surface area contributed by atoms with Gasteiger partial charge in [-0.25, -0.2) is 28.4 Å². The average molecular weight is 338 g/mol. The maximum atomic E-state index is 14.0. The summed E-state index contributed by atoms with van der Waals surface area (Å²) in [5, 5.41) is 5.19. The first-order valence-corrected chi connectivity index (χ1v) is 7.46. The van der Waals surface area contributed by atoms with Crippen LogP contribution in [0.3, 0.4) is 0 Å². The van der Waals surface area contributed by atoms with Crippen LogP contribution in [0.15, 0.2) is 48.8 Å². The number of nitrogen functional groups attached to an aromatic ring is 1. The lowest BCUT2D eigenvalue weighted by molar-refractivity contribution is 0.561. The second kappa shape index (κ2) is 5.90. The molecule has 0 spiro atoms. The standard InChI is InChI=1S/C17H12F2N6/c18-11-4-3-10(13(19)8-11)9-25-17-12(2-1-6-22-17)15(24-25)16-21-7-5-14(20)23-16/h1-8H,9H2,(H2,20,21,23). The molecule has 0 saturated heterocycles. The molecule has 0 radical (unpaired) electrons. The fraction of sp³-hybridized carbons (Fsp3) is 0.0588. The number of halogens is 2. The lowest BCUT2D eigenvalue weighted by Gasteiger charge is -2.04. The lowest BCUT2D eigenvalue weighted by atomic mass is 10.2. The zero-order chi connectivity index (χ0) is 17.4. The maximum absolute atomic E-state index is 14.0. The second-order valence-electron chi connectivity index (χ2n) is 5.42. The molecule has 0 amide bonds. The van der Waals surface area contributed by atoms with Crippen molar-refractivity contribution in [3.05, 3.63) is 66.0 Å². The van der Waals surface area contributed by atoms with Gasteiger partial charge in [0.25, 0.3) is 0 Å². The topological polar surface area (TPSA) is 82.5 Å². The van der Waals surface area contributed by atoms with Crippen LogP contribution < -0.4 is 5.73 Å². The normalized spacial score (nSPS) is 11.1. The van der Waals surface area contributed by atoms with Crippen molar-refractivity contribution >= 4 is 16.9 Å². The molecule has 25 heavy (non-hydrogen) atoms. The molecule has 8 heteroatoms. The zero-order valence-electron chi connectivity index (χ0n) is 12.9. The summed E-state index contributed by atoms with van der Waals surface area (Å²) >= 11 is 0. The molecule has 0 fully saturated rings. The highest BCUT2D eigenvalue weighted by molar-refractivity contribution is 5.89. The number of pyridine rings is 1. The summed E-state index contributed by atoms with van der Waals surface area (Å²) in [6.07, 6.45) is 3.16. The van der Waals surface area contributed by atoms with E-state index in [0.717, 1.165) is 11.5 Å². The Morgan fingerprint density at radius 2 is 1.92 bits per heavy atom. The summed E-state index contributed by atoms with van der Waals surface area (Å²) in [7, 11) is 0. The van der Waals surface area contributed by atoms with E-state index in [1.165, 1.54) is 16.8 Å². The first-order valence-electron chi connectivity index (χ1n) is 7.46. The van der Waals surface area contributed by atoms with E-state index in [0.29, 0.717) is 28.5 Å². The summed E-state index contributed by atoms with van der Waals surface area (Å²) in [5.41, 5.74) is 7.07. The molecule has 124 valence electrons. The highest BCUT2D eigenvalue weighted by atomic mass is 19.1. The van der Waals surface area contributed by atoms with Gasteiger partial charge in [-0.1, -0.05) is 6.07 Å². The van der Waals surface area contributed by atoms with Crippen molar-refractivity contribution in [1.82, 2.24) is 24.7 Å². The predicted molar refractivity (Wildman–Crippen MR) is 88.4 cm³/mol. The number of benzene rings is 1. The number of nitrogens with two attached hydrogens (primary N) is 1. The minimum atomic E-state index is -0.638. The third-order valence-corrected chi connectivity index (χ3v) is 3.73. The van der Waals surface area contributed by atoms with E-state index in [2.05, 4.69) is 20.1 Å². The van der Waals surface area contributed by atoms with Crippen molar-refractivity contribution in [2.24, 2.45) is 0 Å². The summed E-state index contributed by atoms with van der Waals surface area (Å²) in [4.78, 5) is 12.7. The Hall–Kier alpha value is -3.42. The third kappa shape index (κ3) is 2.78. The van der Waals surface area contributed by atoms with Crippen molar-refractivity contribution in [2.45, 2.75) is 6.54 Å². The minimum absolute atomic E-state index is 0.0991. The van der Waals surface area contributed by atoms with Crippen molar-refractivity contribution in [3.63, 3.8) is 0 Å². The average Bonchev–Trinajstić information content (AvgIpc) is 2.96.